The second-order valence-electron chi connectivity index (χ2n) is 4.80. The van der Waals surface area contributed by atoms with Gasteiger partial charge in [-0.15, -0.1) is 0 Å². The van der Waals surface area contributed by atoms with Crippen molar-refractivity contribution in [2.24, 2.45) is 5.73 Å². The van der Waals surface area contributed by atoms with Crippen LogP contribution < -0.4 is 10.5 Å². The maximum Gasteiger partial charge on any atom is 0.261 e. The standard InChI is InChI=1S/C15H18N2O2S/c1-12(16)11-13-7-9-15(10-8-13)20(18,19)17-14-5-3-2-4-6-14/h2-10,12,17H,11,16H2,1H3. The molecule has 0 fully saturated rings. The molecule has 0 saturated heterocycles. The summed E-state index contributed by atoms with van der Waals surface area (Å²) in [6.07, 6.45) is 0.729. The normalized spacial score (nSPS) is 12.9. The lowest BCUT2D eigenvalue weighted by atomic mass is 10.1. The van der Waals surface area contributed by atoms with E-state index in [0.717, 1.165) is 12.0 Å². The number of rotatable bonds is 5. The average molecular weight is 290 g/mol. The van der Waals surface area contributed by atoms with Crippen LogP contribution in [-0.2, 0) is 16.4 Å². The molecule has 0 spiro atoms. The van der Waals surface area contributed by atoms with Crippen LogP contribution in [0.15, 0.2) is 59.5 Å². The van der Waals surface area contributed by atoms with Crippen LogP contribution in [0.2, 0.25) is 0 Å². The van der Waals surface area contributed by atoms with Crippen LogP contribution >= 0.6 is 0 Å². The zero-order chi connectivity index (χ0) is 14.6. The van der Waals surface area contributed by atoms with Crippen LogP contribution in [0.1, 0.15) is 12.5 Å². The van der Waals surface area contributed by atoms with Gasteiger partial charge in [0.05, 0.1) is 4.90 Å². The van der Waals surface area contributed by atoms with E-state index in [1.165, 1.54) is 0 Å². The molecule has 0 bridgehead atoms. The minimum absolute atomic E-state index is 0.0555. The minimum Gasteiger partial charge on any atom is -0.328 e. The number of hydrogen-bond acceptors (Lipinski definition) is 3. The zero-order valence-corrected chi connectivity index (χ0v) is 12.1. The highest BCUT2D eigenvalue weighted by atomic mass is 32.2. The van der Waals surface area contributed by atoms with Gasteiger partial charge in [0.1, 0.15) is 0 Å². The topological polar surface area (TPSA) is 72.2 Å². The number of nitrogens with one attached hydrogen (secondary N) is 1. The monoisotopic (exact) mass is 290 g/mol. The molecule has 0 radical (unpaired) electrons. The van der Waals surface area contributed by atoms with E-state index >= 15 is 0 Å². The Balaban J connectivity index is 2.17. The summed E-state index contributed by atoms with van der Waals surface area (Å²) in [5.41, 5.74) is 7.29. The Hall–Kier alpha value is -1.85. The molecule has 1 unspecified atom stereocenters. The van der Waals surface area contributed by atoms with Crippen LogP contribution in [0.25, 0.3) is 0 Å². The van der Waals surface area contributed by atoms with Crippen molar-refractivity contribution < 1.29 is 8.42 Å². The molecule has 0 aliphatic rings. The summed E-state index contributed by atoms with van der Waals surface area (Å²) in [5, 5.41) is 0. The fourth-order valence-electron chi connectivity index (χ4n) is 1.90. The quantitative estimate of drug-likeness (QED) is 0.888. The fraction of sp³-hybridized carbons (Fsp3) is 0.200. The van der Waals surface area contributed by atoms with Crippen molar-refractivity contribution in [2.45, 2.75) is 24.3 Å². The van der Waals surface area contributed by atoms with Crippen LogP contribution in [0.4, 0.5) is 5.69 Å². The Morgan fingerprint density at radius 3 is 2.20 bits per heavy atom. The Kier molecular flexibility index (Phi) is 4.42. The van der Waals surface area contributed by atoms with E-state index in [4.69, 9.17) is 5.73 Å². The molecule has 0 heterocycles. The van der Waals surface area contributed by atoms with Gasteiger partial charge in [0, 0.05) is 11.7 Å². The highest BCUT2D eigenvalue weighted by molar-refractivity contribution is 7.92. The van der Waals surface area contributed by atoms with Crippen LogP contribution in [0.3, 0.4) is 0 Å². The van der Waals surface area contributed by atoms with Gasteiger partial charge >= 0.3 is 0 Å². The summed E-state index contributed by atoms with van der Waals surface area (Å²) in [7, 11) is -3.54. The van der Waals surface area contributed by atoms with E-state index < -0.39 is 10.0 Å². The molecule has 0 aliphatic carbocycles. The van der Waals surface area contributed by atoms with Crippen LogP contribution in [-0.4, -0.2) is 14.5 Å². The summed E-state index contributed by atoms with van der Waals surface area (Å²) >= 11 is 0. The third kappa shape index (κ3) is 3.82. The van der Waals surface area contributed by atoms with Gasteiger partial charge in [0.25, 0.3) is 10.0 Å². The molecular weight excluding hydrogens is 272 g/mol. The first-order valence-electron chi connectivity index (χ1n) is 6.40. The highest BCUT2D eigenvalue weighted by Crippen LogP contribution is 2.16. The molecule has 3 N–H and O–H groups in total. The maximum absolute atomic E-state index is 12.2. The van der Waals surface area contributed by atoms with E-state index in [1.807, 2.05) is 13.0 Å². The summed E-state index contributed by atoms with van der Waals surface area (Å²) < 4.78 is 26.9. The molecule has 0 aliphatic heterocycles. The molecule has 2 aromatic rings. The van der Waals surface area contributed by atoms with Gasteiger partial charge in [0.2, 0.25) is 0 Å². The van der Waals surface area contributed by atoms with Crippen molar-refractivity contribution in [2.75, 3.05) is 4.72 Å². The van der Waals surface area contributed by atoms with Crippen molar-refractivity contribution >= 4 is 15.7 Å². The van der Waals surface area contributed by atoms with Gasteiger partial charge in [-0.2, -0.15) is 0 Å². The predicted molar refractivity (Wildman–Crippen MR) is 81.0 cm³/mol. The van der Waals surface area contributed by atoms with E-state index in [9.17, 15) is 8.42 Å². The van der Waals surface area contributed by atoms with Gasteiger partial charge in [-0.05, 0) is 43.2 Å². The fourth-order valence-corrected chi connectivity index (χ4v) is 2.96. The van der Waals surface area contributed by atoms with Gasteiger partial charge in [-0.25, -0.2) is 8.42 Å². The Morgan fingerprint density at radius 1 is 1.05 bits per heavy atom. The zero-order valence-electron chi connectivity index (χ0n) is 11.3. The number of nitrogens with two attached hydrogens (primary N) is 1. The Bertz CT molecular complexity index is 650. The maximum atomic E-state index is 12.2. The molecule has 2 rings (SSSR count). The van der Waals surface area contributed by atoms with Gasteiger partial charge in [-0.3, -0.25) is 4.72 Å². The molecule has 4 nitrogen and oxygen atoms in total. The first kappa shape index (κ1) is 14.6. The average Bonchev–Trinajstić information content (AvgIpc) is 2.39. The molecule has 5 heteroatoms. The third-order valence-electron chi connectivity index (χ3n) is 2.82. The highest BCUT2D eigenvalue weighted by Gasteiger charge is 2.13. The molecule has 106 valence electrons. The lowest BCUT2D eigenvalue weighted by Gasteiger charge is -2.09. The molecule has 20 heavy (non-hydrogen) atoms. The summed E-state index contributed by atoms with van der Waals surface area (Å²) in [4.78, 5) is 0.245. The van der Waals surface area contributed by atoms with E-state index in [0.29, 0.717) is 5.69 Å². The van der Waals surface area contributed by atoms with E-state index in [-0.39, 0.29) is 10.9 Å². The van der Waals surface area contributed by atoms with Crippen molar-refractivity contribution in [3.63, 3.8) is 0 Å². The number of sulfonamides is 1. The Morgan fingerprint density at radius 2 is 1.65 bits per heavy atom. The smallest absolute Gasteiger partial charge is 0.261 e. The molecule has 0 aromatic heterocycles. The Labute approximate surface area is 119 Å². The lowest BCUT2D eigenvalue weighted by molar-refractivity contribution is 0.601. The van der Waals surface area contributed by atoms with Crippen LogP contribution in [0.5, 0.6) is 0 Å². The van der Waals surface area contributed by atoms with E-state index in [1.54, 1.807) is 48.5 Å². The number of hydrogen-bond donors (Lipinski definition) is 2. The SMILES string of the molecule is CC(N)Cc1ccc(S(=O)(=O)Nc2ccccc2)cc1. The van der Waals surface area contributed by atoms with Gasteiger partial charge < -0.3 is 5.73 Å². The molecular formula is C15H18N2O2S. The van der Waals surface area contributed by atoms with Crippen molar-refractivity contribution in [1.82, 2.24) is 0 Å². The van der Waals surface area contributed by atoms with E-state index in [2.05, 4.69) is 4.72 Å². The third-order valence-corrected chi connectivity index (χ3v) is 4.21. The van der Waals surface area contributed by atoms with Crippen molar-refractivity contribution in [3.05, 3.63) is 60.2 Å². The molecule has 0 amide bonds. The molecule has 2 aromatic carbocycles. The first-order chi connectivity index (χ1) is 9.47. The number of anilines is 1. The minimum atomic E-state index is -3.54. The summed E-state index contributed by atoms with van der Waals surface area (Å²) in [5.74, 6) is 0. The molecule has 1 atom stereocenters. The predicted octanol–water partition coefficient (Wildman–Crippen LogP) is 2.38. The van der Waals surface area contributed by atoms with Crippen molar-refractivity contribution in [3.8, 4) is 0 Å². The van der Waals surface area contributed by atoms with Crippen LogP contribution in [0, 0.1) is 0 Å². The van der Waals surface area contributed by atoms with Crippen molar-refractivity contribution in [1.29, 1.82) is 0 Å². The summed E-state index contributed by atoms with van der Waals surface area (Å²) in [6, 6.07) is 15.7. The second kappa shape index (κ2) is 6.07. The summed E-state index contributed by atoms with van der Waals surface area (Å²) in [6.45, 7) is 1.92. The van der Waals surface area contributed by atoms with Gasteiger partial charge in [-0.1, -0.05) is 30.3 Å². The first-order valence-corrected chi connectivity index (χ1v) is 7.88. The second-order valence-corrected chi connectivity index (χ2v) is 6.48. The molecule has 0 saturated carbocycles. The number of benzene rings is 2. The largest absolute Gasteiger partial charge is 0.328 e. The van der Waals surface area contributed by atoms with Gasteiger partial charge in [0.15, 0.2) is 0 Å². The lowest BCUT2D eigenvalue weighted by Crippen LogP contribution is -2.18. The number of para-hydroxylation sites is 1.